The fourth-order valence-electron chi connectivity index (χ4n) is 7.16. The molecule has 0 atom stereocenters. The quantitative estimate of drug-likeness (QED) is 0.197. The van der Waals surface area contributed by atoms with Crippen molar-refractivity contribution in [3.05, 3.63) is 140 Å². The van der Waals surface area contributed by atoms with Gasteiger partial charge in [0.15, 0.2) is 5.58 Å². The van der Waals surface area contributed by atoms with Crippen molar-refractivity contribution in [3.8, 4) is 17.1 Å². The van der Waals surface area contributed by atoms with Gasteiger partial charge in [-0.05, 0) is 40.4 Å². The highest BCUT2D eigenvalue weighted by molar-refractivity contribution is 6.34. The van der Waals surface area contributed by atoms with Crippen LogP contribution in [-0.2, 0) is 0 Å². The van der Waals surface area contributed by atoms with Crippen molar-refractivity contribution in [2.75, 3.05) is 0 Å². The second kappa shape index (κ2) is 8.76. The molecule has 0 fully saturated rings. The van der Waals surface area contributed by atoms with Gasteiger partial charge in [-0.3, -0.25) is 9.55 Å². The van der Waals surface area contributed by atoms with Gasteiger partial charge in [0.2, 0.25) is 0 Å². The minimum Gasteiger partial charge on any atom is -0.454 e. The second-order valence-electron chi connectivity index (χ2n) is 11.4. The van der Waals surface area contributed by atoms with Crippen LogP contribution >= 0.6 is 0 Å². The molecule has 10 rings (SSSR count). The van der Waals surface area contributed by atoms with E-state index < -0.39 is 0 Å². The molecule has 4 heterocycles. The van der Waals surface area contributed by atoms with Crippen molar-refractivity contribution < 1.29 is 4.42 Å². The van der Waals surface area contributed by atoms with E-state index in [1.165, 1.54) is 10.8 Å². The van der Waals surface area contributed by atoms with Crippen molar-refractivity contribution >= 4 is 76.2 Å². The van der Waals surface area contributed by atoms with Crippen molar-refractivity contribution in [2.24, 2.45) is 0 Å². The van der Waals surface area contributed by atoms with Gasteiger partial charge in [0.1, 0.15) is 16.9 Å². The smallest absolute Gasteiger partial charge is 0.163 e. The lowest BCUT2D eigenvalue weighted by molar-refractivity contribution is 0.672. The zero-order chi connectivity index (χ0) is 28.8. The molecule has 0 unspecified atom stereocenters. The van der Waals surface area contributed by atoms with E-state index in [4.69, 9.17) is 14.4 Å². The third-order valence-electron chi connectivity index (χ3n) is 8.98. The molecule has 44 heavy (non-hydrogen) atoms. The summed E-state index contributed by atoms with van der Waals surface area (Å²) in [4.78, 5) is 10.4. The summed E-state index contributed by atoms with van der Waals surface area (Å²) in [5.74, 6) is 0.868. The molecule has 4 heteroatoms. The van der Waals surface area contributed by atoms with E-state index in [-0.39, 0.29) is 0 Å². The zero-order valence-electron chi connectivity index (χ0n) is 23.5. The van der Waals surface area contributed by atoms with Gasteiger partial charge in [0.05, 0.1) is 22.1 Å². The Morgan fingerprint density at radius 3 is 2.18 bits per heavy atom. The molecule has 10 aromatic rings. The normalized spacial score (nSPS) is 12.1. The summed E-state index contributed by atoms with van der Waals surface area (Å²) < 4.78 is 8.91. The fourth-order valence-corrected chi connectivity index (χ4v) is 7.16. The minimum atomic E-state index is 0.799. The monoisotopic (exact) mass is 561 g/mol. The second-order valence-corrected chi connectivity index (χ2v) is 11.4. The Morgan fingerprint density at radius 1 is 0.545 bits per heavy atom. The first-order valence-electron chi connectivity index (χ1n) is 14.8. The topological polar surface area (TPSA) is 43.9 Å². The number of hydrogen-bond donors (Lipinski definition) is 0. The van der Waals surface area contributed by atoms with Crippen molar-refractivity contribution in [1.29, 1.82) is 0 Å². The Morgan fingerprint density at radius 2 is 1.27 bits per heavy atom. The predicted molar refractivity (Wildman–Crippen MR) is 182 cm³/mol. The Kier molecular flexibility index (Phi) is 4.69. The van der Waals surface area contributed by atoms with Gasteiger partial charge >= 0.3 is 0 Å². The van der Waals surface area contributed by atoms with E-state index in [1.807, 2.05) is 24.4 Å². The van der Waals surface area contributed by atoms with Crippen molar-refractivity contribution in [3.63, 3.8) is 0 Å². The van der Waals surface area contributed by atoms with E-state index in [2.05, 4.69) is 120 Å². The molecule has 0 aliphatic heterocycles. The summed E-state index contributed by atoms with van der Waals surface area (Å²) in [7, 11) is 0. The van der Waals surface area contributed by atoms with Crippen LogP contribution < -0.4 is 0 Å². The third kappa shape index (κ3) is 3.11. The molecule has 0 spiro atoms. The Labute approximate surface area is 251 Å². The Bertz CT molecular complexity index is 2770. The number of fused-ring (bicyclic) bond motifs is 13. The Hall–Kier alpha value is -6.00. The highest BCUT2D eigenvalue weighted by atomic mass is 16.3. The van der Waals surface area contributed by atoms with Crippen LogP contribution in [0.3, 0.4) is 0 Å². The van der Waals surface area contributed by atoms with Crippen LogP contribution in [0.25, 0.3) is 93.3 Å². The van der Waals surface area contributed by atoms with Crippen LogP contribution in [-0.4, -0.2) is 14.5 Å². The summed E-state index contributed by atoms with van der Waals surface area (Å²) in [6.07, 6.45) is 1.85. The molecular weight excluding hydrogens is 538 g/mol. The maximum atomic E-state index is 6.58. The van der Waals surface area contributed by atoms with Crippen molar-refractivity contribution in [2.45, 2.75) is 0 Å². The maximum Gasteiger partial charge on any atom is 0.163 e. The standard InChI is InChI=1S/C40H23N3O/c1-2-12-25(13-3-1)37-34-26(21-20-24-11-4-5-14-27(24)34)23-33(42-37)43-31-18-8-6-15-28(31)35-30-17-10-22-41-38(30)40-36(39(35)43)29-16-7-9-19-32(29)44-40/h1-23H. The first-order valence-corrected chi connectivity index (χ1v) is 14.8. The molecule has 0 aliphatic rings. The number of benzene rings is 6. The number of hydrogen-bond acceptors (Lipinski definition) is 3. The van der Waals surface area contributed by atoms with E-state index in [9.17, 15) is 0 Å². The van der Waals surface area contributed by atoms with E-state index in [1.54, 1.807) is 0 Å². The molecule has 6 aromatic carbocycles. The molecular formula is C40H23N3O. The zero-order valence-corrected chi connectivity index (χ0v) is 23.5. The lowest BCUT2D eigenvalue weighted by Crippen LogP contribution is -2.00. The fraction of sp³-hybridized carbons (Fsp3) is 0. The van der Waals surface area contributed by atoms with Gasteiger partial charge in [-0.1, -0.05) is 109 Å². The van der Waals surface area contributed by atoms with Crippen LogP contribution in [0.15, 0.2) is 144 Å². The number of pyridine rings is 2. The molecule has 0 radical (unpaired) electrons. The number of furan rings is 1. The van der Waals surface area contributed by atoms with Crippen LogP contribution in [0.5, 0.6) is 0 Å². The first-order chi connectivity index (χ1) is 21.8. The van der Waals surface area contributed by atoms with Gasteiger partial charge in [-0.2, -0.15) is 0 Å². The number of aromatic nitrogens is 3. The lowest BCUT2D eigenvalue weighted by atomic mass is 9.97. The number of para-hydroxylation sites is 2. The van der Waals surface area contributed by atoms with Gasteiger partial charge in [-0.25, -0.2) is 4.98 Å². The van der Waals surface area contributed by atoms with Crippen LogP contribution in [0, 0.1) is 0 Å². The molecule has 4 aromatic heterocycles. The van der Waals surface area contributed by atoms with E-state index in [0.29, 0.717) is 0 Å². The van der Waals surface area contributed by atoms with E-state index in [0.717, 1.165) is 82.5 Å². The third-order valence-corrected chi connectivity index (χ3v) is 8.98. The van der Waals surface area contributed by atoms with Crippen LogP contribution in [0.2, 0.25) is 0 Å². The number of rotatable bonds is 2. The van der Waals surface area contributed by atoms with E-state index >= 15 is 0 Å². The largest absolute Gasteiger partial charge is 0.454 e. The molecule has 4 nitrogen and oxygen atoms in total. The van der Waals surface area contributed by atoms with Gasteiger partial charge in [0.25, 0.3) is 0 Å². The highest BCUT2D eigenvalue weighted by Gasteiger charge is 2.24. The molecule has 0 saturated heterocycles. The van der Waals surface area contributed by atoms with Crippen LogP contribution in [0.4, 0.5) is 0 Å². The Balaban J connectivity index is 1.46. The van der Waals surface area contributed by atoms with Gasteiger partial charge in [0, 0.05) is 38.7 Å². The maximum absolute atomic E-state index is 6.58. The number of nitrogens with zero attached hydrogens (tertiary/aromatic N) is 3. The van der Waals surface area contributed by atoms with Crippen molar-refractivity contribution in [1.82, 2.24) is 14.5 Å². The highest BCUT2D eigenvalue weighted by Crippen LogP contribution is 2.45. The average Bonchev–Trinajstić information content (AvgIpc) is 3.65. The lowest BCUT2D eigenvalue weighted by Gasteiger charge is -2.15. The minimum absolute atomic E-state index is 0.799. The summed E-state index contributed by atoms with van der Waals surface area (Å²) in [5.41, 5.74) is 6.75. The van der Waals surface area contributed by atoms with Crippen LogP contribution in [0.1, 0.15) is 0 Å². The summed E-state index contributed by atoms with van der Waals surface area (Å²) in [6, 6.07) is 46.9. The summed E-state index contributed by atoms with van der Waals surface area (Å²) in [5, 5.41) is 10.2. The molecule has 0 amide bonds. The van der Waals surface area contributed by atoms with Gasteiger partial charge in [-0.15, -0.1) is 0 Å². The molecule has 0 saturated carbocycles. The molecule has 0 bridgehead atoms. The first kappa shape index (κ1) is 23.6. The SMILES string of the molecule is c1ccc(-c2nc(-n3c4ccccc4c4c5cccnc5c5oc6ccccc6c5c43)cc3ccc4ccccc4c23)cc1. The average molecular weight is 562 g/mol. The molecule has 0 aliphatic carbocycles. The predicted octanol–water partition coefficient (Wildman–Crippen LogP) is 10.6. The van der Waals surface area contributed by atoms with Gasteiger partial charge < -0.3 is 4.42 Å². The summed E-state index contributed by atoms with van der Waals surface area (Å²) >= 11 is 0. The molecule has 0 N–H and O–H groups in total. The summed E-state index contributed by atoms with van der Waals surface area (Å²) in [6.45, 7) is 0. The molecule has 204 valence electrons.